The zero-order chi connectivity index (χ0) is 18.4. The summed E-state index contributed by atoms with van der Waals surface area (Å²) in [6, 6.07) is 12.8. The molecule has 0 aromatic heterocycles. The Balaban J connectivity index is 2.10. The van der Waals surface area contributed by atoms with Crippen LogP contribution in [0.2, 0.25) is 5.02 Å². The predicted molar refractivity (Wildman–Crippen MR) is 105 cm³/mol. The van der Waals surface area contributed by atoms with E-state index in [4.69, 9.17) is 11.6 Å². The highest BCUT2D eigenvalue weighted by molar-refractivity contribution is 8.00. The maximum Gasteiger partial charge on any atom is 0.256 e. The number of hydrogen-bond donors (Lipinski definition) is 2. The van der Waals surface area contributed by atoms with Crippen LogP contribution >= 0.6 is 23.4 Å². The van der Waals surface area contributed by atoms with Gasteiger partial charge in [0, 0.05) is 10.9 Å². The second kappa shape index (κ2) is 8.92. The number of hydrogen-bond acceptors (Lipinski definition) is 3. The summed E-state index contributed by atoms with van der Waals surface area (Å²) in [6.07, 6.45) is 0. The van der Waals surface area contributed by atoms with Gasteiger partial charge in [-0.3, -0.25) is 9.59 Å². The van der Waals surface area contributed by atoms with Gasteiger partial charge in [0.15, 0.2) is 0 Å². The average Bonchev–Trinajstić information content (AvgIpc) is 2.55. The predicted octanol–water partition coefficient (Wildman–Crippen LogP) is 4.52. The van der Waals surface area contributed by atoms with Crippen molar-refractivity contribution in [2.75, 3.05) is 11.1 Å². The number of benzene rings is 2. The molecule has 0 saturated carbocycles. The normalized spacial score (nSPS) is 10.6. The third-order valence-electron chi connectivity index (χ3n) is 3.31. The third kappa shape index (κ3) is 5.80. The highest BCUT2D eigenvalue weighted by Crippen LogP contribution is 2.26. The molecule has 2 aromatic rings. The lowest BCUT2D eigenvalue weighted by molar-refractivity contribution is -0.119. The Hall–Kier alpha value is -1.98. The minimum absolute atomic E-state index is 0.0585. The molecule has 2 aromatic carbocycles. The molecule has 6 heteroatoms. The zero-order valence-electron chi connectivity index (χ0n) is 14.4. The summed E-state index contributed by atoms with van der Waals surface area (Å²) in [5, 5.41) is 6.16. The highest BCUT2D eigenvalue weighted by Gasteiger charge is 2.14. The molecule has 0 bridgehead atoms. The number of amides is 2. The number of halogens is 1. The maximum absolute atomic E-state index is 12.6. The lowest BCUT2D eigenvalue weighted by atomic mass is 10.2. The number of thioether (sulfide) groups is 1. The van der Waals surface area contributed by atoms with Crippen LogP contribution in [0.25, 0.3) is 0 Å². The number of aryl methyl sites for hydroxylation is 1. The Labute approximate surface area is 157 Å². The van der Waals surface area contributed by atoms with Crippen molar-refractivity contribution >= 4 is 40.9 Å². The topological polar surface area (TPSA) is 58.2 Å². The minimum atomic E-state index is -0.252. The van der Waals surface area contributed by atoms with Gasteiger partial charge >= 0.3 is 0 Å². The van der Waals surface area contributed by atoms with Gasteiger partial charge in [0.25, 0.3) is 5.91 Å². The van der Waals surface area contributed by atoms with Crippen LogP contribution in [-0.4, -0.2) is 23.6 Å². The van der Waals surface area contributed by atoms with Crippen molar-refractivity contribution in [3.8, 4) is 0 Å². The fourth-order valence-corrected chi connectivity index (χ4v) is 3.34. The van der Waals surface area contributed by atoms with Crippen molar-refractivity contribution in [1.82, 2.24) is 5.32 Å². The summed E-state index contributed by atoms with van der Waals surface area (Å²) < 4.78 is 0. The first-order valence-electron chi connectivity index (χ1n) is 7.95. The van der Waals surface area contributed by atoms with E-state index in [9.17, 15) is 9.59 Å². The Morgan fingerprint density at radius 3 is 2.56 bits per heavy atom. The van der Waals surface area contributed by atoms with Crippen molar-refractivity contribution in [3.05, 3.63) is 58.6 Å². The van der Waals surface area contributed by atoms with Crippen LogP contribution in [0.3, 0.4) is 0 Å². The van der Waals surface area contributed by atoms with Crippen LogP contribution in [0.5, 0.6) is 0 Å². The van der Waals surface area contributed by atoms with E-state index >= 15 is 0 Å². The fraction of sp³-hybridized carbons (Fsp3) is 0.263. The summed E-state index contributed by atoms with van der Waals surface area (Å²) >= 11 is 7.52. The van der Waals surface area contributed by atoms with Crippen molar-refractivity contribution < 1.29 is 9.59 Å². The quantitative estimate of drug-likeness (QED) is 0.729. The zero-order valence-corrected chi connectivity index (χ0v) is 16.0. The van der Waals surface area contributed by atoms with Gasteiger partial charge in [-0.1, -0.05) is 29.8 Å². The fourth-order valence-electron chi connectivity index (χ4n) is 2.20. The molecule has 0 aliphatic heterocycles. The number of rotatable bonds is 6. The molecular formula is C19H21ClN2O2S. The van der Waals surface area contributed by atoms with Gasteiger partial charge < -0.3 is 10.6 Å². The number of carbonyl (C=O) groups is 2. The molecule has 0 unspecified atom stereocenters. The molecule has 2 N–H and O–H groups in total. The molecule has 0 fully saturated rings. The van der Waals surface area contributed by atoms with Gasteiger partial charge in [0.2, 0.25) is 5.91 Å². The number of anilines is 1. The lowest BCUT2D eigenvalue weighted by Crippen LogP contribution is -2.31. The number of nitrogens with one attached hydrogen (secondary N) is 2. The van der Waals surface area contributed by atoms with Crippen LogP contribution in [0.4, 0.5) is 5.69 Å². The van der Waals surface area contributed by atoms with Gasteiger partial charge in [0.1, 0.15) is 0 Å². The minimum Gasteiger partial charge on any atom is -0.353 e. The third-order valence-corrected chi connectivity index (χ3v) is 4.70. The van der Waals surface area contributed by atoms with E-state index in [1.54, 1.807) is 24.3 Å². The van der Waals surface area contributed by atoms with Crippen LogP contribution in [0.15, 0.2) is 47.4 Å². The first-order valence-corrected chi connectivity index (χ1v) is 9.32. The summed E-state index contributed by atoms with van der Waals surface area (Å²) in [6.45, 7) is 5.76. The van der Waals surface area contributed by atoms with Crippen LogP contribution in [0.1, 0.15) is 29.8 Å². The average molecular weight is 377 g/mol. The maximum atomic E-state index is 12.6. The second-order valence-electron chi connectivity index (χ2n) is 5.94. The first kappa shape index (κ1) is 19.3. The standard InChI is InChI=1S/C19H21ClN2O2S/c1-12(2)21-18(23)11-25-17-7-5-4-6-14(17)19(24)22-16-9-8-13(3)10-15(16)20/h4-10,12H,11H2,1-3H3,(H,21,23)(H,22,24). The molecule has 0 heterocycles. The van der Waals surface area contributed by atoms with E-state index in [2.05, 4.69) is 10.6 Å². The van der Waals surface area contributed by atoms with Crippen LogP contribution < -0.4 is 10.6 Å². The van der Waals surface area contributed by atoms with E-state index in [-0.39, 0.29) is 23.6 Å². The van der Waals surface area contributed by atoms with E-state index in [1.165, 1.54) is 11.8 Å². The molecule has 0 aliphatic carbocycles. The van der Waals surface area contributed by atoms with Crippen molar-refractivity contribution in [2.45, 2.75) is 31.7 Å². The smallest absolute Gasteiger partial charge is 0.256 e. The van der Waals surface area contributed by atoms with Crippen molar-refractivity contribution in [3.63, 3.8) is 0 Å². The molecule has 25 heavy (non-hydrogen) atoms. The summed E-state index contributed by atoms with van der Waals surface area (Å²) in [7, 11) is 0. The Bertz CT molecular complexity index is 778. The van der Waals surface area contributed by atoms with Gasteiger partial charge in [-0.15, -0.1) is 11.8 Å². The Kier molecular flexibility index (Phi) is 6.91. The van der Waals surface area contributed by atoms with Crippen molar-refractivity contribution in [2.24, 2.45) is 0 Å². The molecule has 2 amide bonds. The van der Waals surface area contributed by atoms with E-state index < -0.39 is 0 Å². The molecule has 132 valence electrons. The number of carbonyl (C=O) groups excluding carboxylic acids is 2. The Morgan fingerprint density at radius 1 is 1.16 bits per heavy atom. The van der Waals surface area contributed by atoms with E-state index in [1.807, 2.05) is 39.0 Å². The van der Waals surface area contributed by atoms with E-state index in [0.29, 0.717) is 16.3 Å². The summed E-state index contributed by atoms with van der Waals surface area (Å²) in [5.74, 6) is -0.0526. The van der Waals surface area contributed by atoms with Crippen LogP contribution in [-0.2, 0) is 4.79 Å². The molecular weight excluding hydrogens is 356 g/mol. The van der Waals surface area contributed by atoms with Gasteiger partial charge in [-0.25, -0.2) is 0 Å². The molecule has 2 rings (SSSR count). The molecule has 0 radical (unpaired) electrons. The van der Waals surface area contributed by atoms with Gasteiger partial charge in [-0.2, -0.15) is 0 Å². The highest BCUT2D eigenvalue weighted by atomic mass is 35.5. The summed E-state index contributed by atoms with van der Waals surface area (Å²) in [5.41, 5.74) is 2.10. The molecule has 0 spiro atoms. The first-order chi connectivity index (χ1) is 11.9. The summed E-state index contributed by atoms with van der Waals surface area (Å²) in [4.78, 5) is 25.2. The Morgan fingerprint density at radius 2 is 1.88 bits per heavy atom. The largest absolute Gasteiger partial charge is 0.353 e. The van der Waals surface area contributed by atoms with Gasteiger partial charge in [0.05, 0.1) is 22.0 Å². The van der Waals surface area contributed by atoms with E-state index in [0.717, 1.165) is 10.5 Å². The monoisotopic (exact) mass is 376 g/mol. The van der Waals surface area contributed by atoms with Crippen LogP contribution in [0, 0.1) is 6.92 Å². The molecule has 0 atom stereocenters. The molecule has 0 saturated heterocycles. The second-order valence-corrected chi connectivity index (χ2v) is 7.37. The lowest BCUT2D eigenvalue weighted by Gasteiger charge is -2.12. The van der Waals surface area contributed by atoms with Gasteiger partial charge in [-0.05, 0) is 50.6 Å². The van der Waals surface area contributed by atoms with Crippen molar-refractivity contribution in [1.29, 1.82) is 0 Å². The molecule has 4 nitrogen and oxygen atoms in total. The SMILES string of the molecule is Cc1ccc(NC(=O)c2ccccc2SCC(=O)NC(C)C)c(Cl)c1. The molecule has 0 aliphatic rings.